The second-order valence-corrected chi connectivity index (χ2v) is 5.15. The monoisotopic (exact) mass is 363 g/mol. The Morgan fingerprint density at radius 3 is 2.65 bits per heavy atom. The van der Waals surface area contributed by atoms with Gasteiger partial charge in [0.05, 0.1) is 31.4 Å². The molecule has 2 N–H and O–H groups in total. The molecule has 10 heteroatoms. The molecule has 0 radical (unpaired) electrons. The molecule has 0 bridgehead atoms. The van der Waals surface area contributed by atoms with Gasteiger partial charge in [0.1, 0.15) is 17.8 Å². The Morgan fingerprint density at radius 2 is 2.08 bits per heavy atom. The molecular formula is C16H21N5O5. The molecule has 0 aliphatic heterocycles. The lowest BCUT2D eigenvalue weighted by atomic mass is 10.2. The summed E-state index contributed by atoms with van der Waals surface area (Å²) in [6.07, 6.45) is 1.23. The van der Waals surface area contributed by atoms with Gasteiger partial charge in [-0.3, -0.25) is 10.1 Å². The van der Waals surface area contributed by atoms with E-state index in [-0.39, 0.29) is 30.5 Å². The molecule has 2 aromatic rings. The van der Waals surface area contributed by atoms with E-state index < -0.39 is 4.92 Å². The van der Waals surface area contributed by atoms with Crippen LogP contribution in [0.2, 0.25) is 0 Å². The fraction of sp³-hybridized carbons (Fsp3) is 0.375. The van der Waals surface area contributed by atoms with Gasteiger partial charge in [0.15, 0.2) is 0 Å². The van der Waals surface area contributed by atoms with Crippen molar-refractivity contribution in [1.29, 1.82) is 0 Å². The van der Waals surface area contributed by atoms with E-state index in [1.807, 2.05) is 6.92 Å². The highest BCUT2D eigenvalue weighted by Gasteiger charge is 2.27. The number of nitro groups is 1. The predicted molar refractivity (Wildman–Crippen MR) is 96.5 cm³/mol. The summed E-state index contributed by atoms with van der Waals surface area (Å²) in [7, 11) is 3.01. The van der Waals surface area contributed by atoms with Gasteiger partial charge in [-0.05, 0) is 19.1 Å². The Kier molecular flexibility index (Phi) is 6.50. The summed E-state index contributed by atoms with van der Waals surface area (Å²) in [6, 6.07) is 5.04. The minimum atomic E-state index is -0.551. The van der Waals surface area contributed by atoms with Crippen molar-refractivity contribution in [1.82, 2.24) is 9.97 Å². The Hall–Kier alpha value is -3.14. The van der Waals surface area contributed by atoms with E-state index in [4.69, 9.17) is 9.47 Å². The van der Waals surface area contributed by atoms with Crippen LogP contribution in [0.25, 0.3) is 0 Å². The van der Waals surface area contributed by atoms with Crippen LogP contribution < -0.4 is 19.7 Å². The molecule has 10 nitrogen and oxygen atoms in total. The largest absolute Gasteiger partial charge is 0.497 e. The number of nitrogens with one attached hydrogen (secondary N) is 1. The van der Waals surface area contributed by atoms with Crippen molar-refractivity contribution in [3.05, 3.63) is 34.6 Å². The zero-order chi connectivity index (χ0) is 19.1. The van der Waals surface area contributed by atoms with Crippen LogP contribution >= 0.6 is 0 Å². The van der Waals surface area contributed by atoms with Gasteiger partial charge in [0.2, 0.25) is 11.6 Å². The van der Waals surface area contributed by atoms with E-state index in [0.717, 1.165) is 0 Å². The van der Waals surface area contributed by atoms with Gasteiger partial charge in [0, 0.05) is 19.2 Å². The van der Waals surface area contributed by atoms with E-state index in [1.54, 1.807) is 23.1 Å². The highest BCUT2D eigenvalue weighted by Crippen LogP contribution is 2.37. The molecule has 0 saturated carbocycles. The summed E-state index contributed by atoms with van der Waals surface area (Å²) in [5, 5.41) is 23.8. The SMILES string of the molecule is CCN(CCO)c1ncnc(Nc2cc(OC)ccc2OC)c1[N+](=O)[O-]. The Balaban J connectivity index is 2.52. The lowest BCUT2D eigenvalue weighted by molar-refractivity contribution is -0.383. The molecule has 140 valence electrons. The molecule has 0 fully saturated rings. The second kappa shape index (κ2) is 8.81. The average Bonchev–Trinajstić information content (AvgIpc) is 2.65. The molecular weight excluding hydrogens is 342 g/mol. The van der Waals surface area contributed by atoms with Crippen molar-refractivity contribution in [2.45, 2.75) is 6.92 Å². The van der Waals surface area contributed by atoms with E-state index in [9.17, 15) is 15.2 Å². The number of rotatable bonds is 9. The standard InChI is InChI=1S/C16H21N5O5/c1-4-20(7-8-22)16-14(21(23)24)15(17-10-18-16)19-12-9-11(25-2)5-6-13(12)26-3/h5-6,9-10,22H,4,7-8H2,1-3H3,(H,17,18,19). The van der Waals surface area contributed by atoms with Crippen LogP contribution in [0.5, 0.6) is 11.5 Å². The third-order valence-corrected chi connectivity index (χ3v) is 3.70. The normalized spacial score (nSPS) is 10.3. The Bertz CT molecular complexity index is 771. The number of hydrogen-bond donors (Lipinski definition) is 2. The molecule has 0 unspecified atom stereocenters. The lowest BCUT2D eigenvalue weighted by Crippen LogP contribution is -2.28. The van der Waals surface area contributed by atoms with E-state index in [2.05, 4.69) is 15.3 Å². The van der Waals surface area contributed by atoms with Crippen LogP contribution in [-0.4, -0.2) is 53.9 Å². The molecule has 0 spiro atoms. The maximum atomic E-state index is 11.7. The quantitative estimate of drug-likeness (QED) is 0.508. The van der Waals surface area contributed by atoms with Crippen molar-refractivity contribution in [2.75, 3.05) is 44.1 Å². The van der Waals surface area contributed by atoms with Gasteiger partial charge in [-0.15, -0.1) is 0 Å². The number of aliphatic hydroxyl groups excluding tert-OH is 1. The Morgan fingerprint density at radius 1 is 1.31 bits per heavy atom. The van der Waals surface area contributed by atoms with Gasteiger partial charge in [-0.2, -0.15) is 0 Å². The number of aromatic nitrogens is 2. The fourth-order valence-electron chi connectivity index (χ4n) is 2.43. The fourth-order valence-corrected chi connectivity index (χ4v) is 2.43. The van der Waals surface area contributed by atoms with Crippen LogP contribution in [0.3, 0.4) is 0 Å². The van der Waals surface area contributed by atoms with Crippen LogP contribution in [0.1, 0.15) is 6.92 Å². The molecule has 0 saturated heterocycles. The van der Waals surface area contributed by atoms with E-state index in [1.165, 1.54) is 20.5 Å². The Labute approximate surface area is 150 Å². The minimum absolute atomic E-state index is 0.0166. The number of anilines is 3. The van der Waals surface area contributed by atoms with Crippen molar-refractivity contribution in [3.8, 4) is 11.5 Å². The molecule has 1 aromatic heterocycles. The van der Waals surface area contributed by atoms with Gasteiger partial charge in [-0.1, -0.05) is 0 Å². The molecule has 0 aliphatic rings. The molecule has 0 aliphatic carbocycles. The summed E-state index contributed by atoms with van der Waals surface area (Å²) in [5.41, 5.74) is 0.178. The average molecular weight is 363 g/mol. The number of ether oxygens (including phenoxy) is 2. The zero-order valence-corrected chi connectivity index (χ0v) is 14.8. The topological polar surface area (TPSA) is 123 Å². The molecule has 26 heavy (non-hydrogen) atoms. The number of likely N-dealkylation sites (N-methyl/N-ethyl adjacent to an activating group) is 1. The summed E-state index contributed by atoms with van der Waals surface area (Å²) < 4.78 is 10.5. The lowest BCUT2D eigenvalue weighted by Gasteiger charge is -2.21. The number of methoxy groups -OCH3 is 2. The summed E-state index contributed by atoms with van der Waals surface area (Å²) in [5.74, 6) is 1.18. The molecule has 0 atom stereocenters. The molecule has 2 rings (SSSR count). The van der Waals surface area contributed by atoms with Crippen molar-refractivity contribution >= 4 is 23.0 Å². The summed E-state index contributed by atoms with van der Waals surface area (Å²) in [6.45, 7) is 2.33. The van der Waals surface area contributed by atoms with Crippen LogP contribution in [0, 0.1) is 10.1 Å². The number of hydrogen-bond acceptors (Lipinski definition) is 9. The molecule has 0 amide bonds. The zero-order valence-electron chi connectivity index (χ0n) is 14.8. The van der Waals surface area contributed by atoms with Gasteiger partial charge in [0.25, 0.3) is 0 Å². The van der Waals surface area contributed by atoms with Crippen molar-refractivity contribution in [2.24, 2.45) is 0 Å². The van der Waals surface area contributed by atoms with E-state index >= 15 is 0 Å². The number of nitrogens with zero attached hydrogens (tertiary/aromatic N) is 4. The molecule has 1 heterocycles. The maximum absolute atomic E-state index is 11.7. The number of aliphatic hydroxyl groups is 1. The first kappa shape index (κ1) is 19.2. The van der Waals surface area contributed by atoms with Crippen molar-refractivity contribution in [3.63, 3.8) is 0 Å². The van der Waals surface area contributed by atoms with Gasteiger partial charge < -0.3 is 24.8 Å². The van der Waals surface area contributed by atoms with Crippen molar-refractivity contribution < 1.29 is 19.5 Å². The summed E-state index contributed by atoms with van der Waals surface area (Å²) >= 11 is 0. The first-order valence-electron chi connectivity index (χ1n) is 7.89. The highest BCUT2D eigenvalue weighted by atomic mass is 16.6. The molecule has 1 aromatic carbocycles. The highest BCUT2D eigenvalue weighted by molar-refractivity contribution is 5.77. The van der Waals surface area contributed by atoms with Crippen LogP contribution in [0.4, 0.5) is 23.0 Å². The second-order valence-electron chi connectivity index (χ2n) is 5.15. The van der Waals surface area contributed by atoms with E-state index in [0.29, 0.717) is 23.7 Å². The smallest absolute Gasteiger partial charge is 0.353 e. The maximum Gasteiger partial charge on any atom is 0.353 e. The predicted octanol–water partition coefficient (Wildman–Crippen LogP) is 1.96. The third kappa shape index (κ3) is 4.09. The van der Waals surface area contributed by atoms with Gasteiger partial charge in [-0.25, -0.2) is 9.97 Å². The third-order valence-electron chi connectivity index (χ3n) is 3.70. The first-order valence-corrected chi connectivity index (χ1v) is 7.89. The first-order chi connectivity index (χ1) is 12.5. The minimum Gasteiger partial charge on any atom is -0.497 e. The van der Waals surface area contributed by atoms with Crippen LogP contribution in [-0.2, 0) is 0 Å². The summed E-state index contributed by atoms with van der Waals surface area (Å²) in [4.78, 5) is 20.8. The van der Waals surface area contributed by atoms with Crippen LogP contribution in [0.15, 0.2) is 24.5 Å². The van der Waals surface area contributed by atoms with Gasteiger partial charge >= 0.3 is 5.69 Å². The number of benzene rings is 1.